The number of benzene rings is 1. The molecule has 0 amide bonds. The van der Waals surface area contributed by atoms with Gasteiger partial charge in [-0.05, 0) is 19.4 Å². The van der Waals surface area contributed by atoms with Crippen LogP contribution < -0.4 is 79.5 Å². The molecule has 0 unspecified atom stereocenters. The summed E-state index contributed by atoms with van der Waals surface area (Å²) >= 11 is 0. The van der Waals surface area contributed by atoms with Crippen LogP contribution in [0.4, 0.5) is 0 Å². The molecule has 0 fully saturated rings. The van der Waals surface area contributed by atoms with Gasteiger partial charge in [-0.2, -0.15) is 0 Å². The van der Waals surface area contributed by atoms with Crippen molar-refractivity contribution in [1.82, 2.24) is 4.98 Å². The topological polar surface area (TPSA) is 133 Å². The number of carboxylic acids is 2. The Balaban J connectivity index is 0.00000210. The van der Waals surface area contributed by atoms with Crippen LogP contribution in [0, 0.1) is 0 Å². The average Bonchev–Trinajstić information content (AvgIpc) is 2.62. The number of nitrogens with zero attached hydrogens (tertiary/aromatic N) is 1. The summed E-state index contributed by atoms with van der Waals surface area (Å²) in [4.78, 5) is 39.0. The predicted octanol–water partition coefficient (Wildman–Crippen LogP) is -5.57. The number of carboxylic acid groups (broad SMARTS) is 2. The van der Waals surface area contributed by atoms with E-state index in [1.807, 2.05) is 6.92 Å². The number of ether oxygens (including phenoxy) is 1. The van der Waals surface area contributed by atoms with Gasteiger partial charge < -0.3 is 29.0 Å². The van der Waals surface area contributed by atoms with Crippen molar-refractivity contribution >= 4 is 33.8 Å². The SMILES string of the molecule is CCCc1c2nc(C(=O)[O-])cc(OCC)c2cc2c(=O)cc(C(=O)[O-])oc12.[Na+].[Na+]. The van der Waals surface area contributed by atoms with E-state index in [0.29, 0.717) is 23.8 Å². The average molecular weight is 415 g/mol. The molecule has 0 radical (unpaired) electrons. The summed E-state index contributed by atoms with van der Waals surface area (Å²) in [5, 5.41) is 23.1. The van der Waals surface area contributed by atoms with E-state index in [-0.39, 0.29) is 93.7 Å². The number of fused-ring (bicyclic) bond motifs is 2. The standard InChI is InChI=1S/C19H17NO7.2Na/c1-3-5-9-16-11(14(26-4-2)7-12(20-16)18(22)23)6-10-13(21)8-15(19(24)25)27-17(9)10;;/h6-8H,3-5H2,1-2H3,(H,22,23)(H,24,25);;/q;2*+1/p-2. The van der Waals surface area contributed by atoms with E-state index in [9.17, 15) is 24.6 Å². The maximum absolute atomic E-state index is 12.4. The number of aromatic carboxylic acids is 2. The molecule has 1 aromatic carbocycles. The second kappa shape index (κ2) is 10.6. The molecule has 10 heteroatoms. The molecule has 3 rings (SSSR count). The summed E-state index contributed by atoms with van der Waals surface area (Å²) < 4.78 is 10.9. The van der Waals surface area contributed by atoms with Crippen molar-refractivity contribution in [3.8, 4) is 5.75 Å². The molecule has 3 aromatic rings. The van der Waals surface area contributed by atoms with Gasteiger partial charge in [0.05, 0.1) is 29.2 Å². The molecule has 8 nitrogen and oxygen atoms in total. The first kappa shape index (κ1) is 25.6. The summed E-state index contributed by atoms with van der Waals surface area (Å²) in [5.74, 6) is -3.47. The van der Waals surface area contributed by atoms with Gasteiger partial charge in [0.1, 0.15) is 17.3 Å². The van der Waals surface area contributed by atoms with E-state index < -0.39 is 23.1 Å². The molecule has 29 heavy (non-hydrogen) atoms. The van der Waals surface area contributed by atoms with Gasteiger partial charge in [-0.15, -0.1) is 0 Å². The number of aromatic nitrogens is 1. The molecule has 2 heterocycles. The van der Waals surface area contributed by atoms with Crippen molar-refractivity contribution in [2.24, 2.45) is 0 Å². The number of rotatable bonds is 6. The van der Waals surface area contributed by atoms with Crippen molar-refractivity contribution in [3.63, 3.8) is 0 Å². The van der Waals surface area contributed by atoms with Crippen LogP contribution in [0.15, 0.2) is 27.4 Å². The van der Waals surface area contributed by atoms with E-state index in [1.165, 1.54) is 12.1 Å². The van der Waals surface area contributed by atoms with Gasteiger partial charge in [-0.25, -0.2) is 4.98 Å². The number of carbonyl (C=O) groups excluding carboxylic acids is 2. The Morgan fingerprint density at radius 1 is 1.07 bits per heavy atom. The van der Waals surface area contributed by atoms with E-state index in [4.69, 9.17) is 9.15 Å². The molecule has 0 atom stereocenters. The molecule has 0 N–H and O–H groups in total. The zero-order chi connectivity index (χ0) is 19.7. The van der Waals surface area contributed by atoms with Gasteiger partial charge >= 0.3 is 59.1 Å². The van der Waals surface area contributed by atoms with E-state index in [1.54, 1.807) is 6.92 Å². The van der Waals surface area contributed by atoms with Crippen LogP contribution >= 0.6 is 0 Å². The van der Waals surface area contributed by atoms with Gasteiger partial charge in [-0.1, -0.05) is 13.3 Å². The van der Waals surface area contributed by atoms with Gasteiger partial charge in [0.2, 0.25) is 0 Å². The minimum atomic E-state index is -1.62. The number of carbonyl (C=O) groups is 2. The molecular weight excluding hydrogens is 400 g/mol. The smallest absolute Gasteiger partial charge is 0.543 e. The van der Waals surface area contributed by atoms with Gasteiger partial charge in [0.15, 0.2) is 11.2 Å². The van der Waals surface area contributed by atoms with Crippen LogP contribution in [0.2, 0.25) is 0 Å². The molecule has 0 aliphatic heterocycles. The Morgan fingerprint density at radius 2 is 1.76 bits per heavy atom. The molecule has 2 aromatic heterocycles. The normalized spacial score (nSPS) is 10.3. The number of pyridine rings is 1. The van der Waals surface area contributed by atoms with Crippen molar-refractivity contribution in [1.29, 1.82) is 0 Å². The van der Waals surface area contributed by atoms with Gasteiger partial charge in [0, 0.05) is 23.1 Å². The van der Waals surface area contributed by atoms with E-state index >= 15 is 0 Å². The largest absolute Gasteiger partial charge is 1.00 e. The fourth-order valence-electron chi connectivity index (χ4n) is 2.98. The first-order valence-corrected chi connectivity index (χ1v) is 8.37. The third kappa shape index (κ3) is 5.02. The third-order valence-electron chi connectivity index (χ3n) is 4.06. The van der Waals surface area contributed by atoms with Crippen LogP contribution in [-0.4, -0.2) is 23.5 Å². The second-order valence-corrected chi connectivity index (χ2v) is 5.87. The van der Waals surface area contributed by atoms with E-state index in [2.05, 4.69) is 4.98 Å². The van der Waals surface area contributed by atoms with Gasteiger partial charge in [0.25, 0.3) is 0 Å². The molecule has 140 valence electrons. The maximum atomic E-state index is 12.4. The molecule has 0 spiro atoms. The molecule has 0 aliphatic rings. The third-order valence-corrected chi connectivity index (χ3v) is 4.06. The molecule has 0 bridgehead atoms. The summed E-state index contributed by atoms with van der Waals surface area (Å²) in [7, 11) is 0. The molecular formula is C19H15NNa2O7. The van der Waals surface area contributed by atoms with Crippen molar-refractivity contribution < 1.29 is 88.1 Å². The molecule has 0 aliphatic carbocycles. The van der Waals surface area contributed by atoms with Crippen molar-refractivity contribution in [3.05, 3.63) is 45.4 Å². The Morgan fingerprint density at radius 3 is 2.31 bits per heavy atom. The predicted molar refractivity (Wildman–Crippen MR) is 91.6 cm³/mol. The molecule has 0 saturated carbocycles. The first-order chi connectivity index (χ1) is 12.9. The maximum Gasteiger partial charge on any atom is 1.00 e. The first-order valence-electron chi connectivity index (χ1n) is 8.37. The zero-order valence-corrected chi connectivity index (χ0v) is 20.7. The van der Waals surface area contributed by atoms with Crippen LogP contribution in [-0.2, 0) is 6.42 Å². The summed E-state index contributed by atoms with van der Waals surface area (Å²) in [6, 6.07) is 3.55. The number of hydrogen-bond donors (Lipinski definition) is 0. The monoisotopic (exact) mass is 415 g/mol. The quantitative estimate of drug-likeness (QED) is 0.288. The Bertz CT molecular complexity index is 1140. The fourth-order valence-corrected chi connectivity index (χ4v) is 2.98. The Labute approximate surface area is 209 Å². The number of hydrogen-bond acceptors (Lipinski definition) is 8. The minimum Gasteiger partial charge on any atom is -0.543 e. The van der Waals surface area contributed by atoms with Crippen LogP contribution in [0.25, 0.3) is 21.9 Å². The van der Waals surface area contributed by atoms with Crippen molar-refractivity contribution in [2.75, 3.05) is 6.61 Å². The Hall–Kier alpha value is -1.42. The van der Waals surface area contributed by atoms with E-state index in [0.717, 1.165) is 6.07 Å². The summed E-state index contributed by atoms with van der Waals surface area (Å²) in [6.07, 6.45) is 0.997. The summed E-state index contributed by atoms with van der Waals surface area (Å²) in [5.41, 5.74) is -0.161. The van der Waals surface area contributed by atoms with Crippen LogP contribution in [0.3, 0.4) is 0 Å². The molecule has 0 saturated heterocycles. The zero-order valence-electron chi connectivity index (χ0n) is 16.7. The Kier molecular flexibility index (Phi) is 9.33. The minimum absolute atomic E-state index is 0. The van der Waals surface area contributed by atoms with Crippen LogP contribution in [0.5, 0.6) is 5.75 Å². The fraction of sp³-hybridized carbons (Fsp3) is 0.263. The summed E-state index contributed by atoms with van der Waals surface area (Å²) in [6.45, 7) is 3.88. The van der Waals surface area contributed by atoms with Crippen molar-refractivity contribution in [2.45, 2.75) is 26.7 Å². The second-order valence-electron chi connectivity index (χ2n) is 5.87. The van der Waals surface area contributed by atoms with Crippen LogP contribution in [0.1, 0.15) is 46.9 Å². The number of aryl methyl sites for hydroxylation is 1. The van der Waals surface area contributed by atoms with Gasteiger partial charge in [-0.3, -0.25) is 4.79 Å².